The second-order valence-electron chi connectivity index (χ2n) is 4.38. The number of piperidine rings is 1. The zero-order chi connectivity index (χ0) is 12.3. The first-order chi connectivity index (χ1) is 8.09. The van der Waals surface area contributed by atoms with Crippen molar-refractivity contribution < 1.29 is 8.42 Å². The zero-order valence-corrected chi connectivity index (χ0v) is 10.8. The van der Waals surface area contributed by atoms with Crippen LogP contribution in [0.25, 0.3) is 0 Å². The third-order valence-electron chi connectivity index (χ3n) is 3.01. The number of nitrogens with one attached hydrogen (secondary N) is 1. The van der Waals surface area contributed by atoms with Crippen molar-refractivity contribution in [1.82, 2.24) is 5.32 Å². The Bertz CT molecular complexity index is 453. The van der Waals surface area contributed by atoms with Gasteiger partial charge in [0.2, 0.25) is 10.0 Å². The number of hydrogen-bond acceptors (Lipinski definition) is 3. The Labute approximate surface area is 103 Å². The standard InChI is InChI=1S/C12H18N2O2S/c1-17(15,16)14(11-5-3-2-4-6-11)12-7-9-13-10-8-12/h2-6,12-13H,7-10H2,1H3. The summed E-state index contributed by atoms with van der Waals surface area (Å²) in [5.74, 6) is 0. The monoisotopic (exact) mass is 254 g/mol. The van der Waals surface area contributed by atoms with E-state index in [0.29, 0.717) is 0 Å². The van der Waals surface area contributed by atoms with Crippen molar-refractivity contribution in [3.8, 4) is 0 Å². The number of rotatable bonds is 3. The third-order valence-corrected chi connectivity index (χ3v) is 4.23. The first kappa shape index (κ1) is 12.4. The number of anilines is 1. The van der Waals surface area contributed by atoms with E-state index < -0.39 is 10.0 Å². The number of hydrogen-bond donors (Lipinski definition) is 1. The second-order valence-corrected chi connectivity index (χ2v) is 6.23. The van der Waals surface area contributed by atoms with E-state index in [9.17, 15) is 8.42 Å². The highest BCUT2D eigenvalue weighted by Crippen LogP contribution is 2.24. The van der Waals surface area contributed by atoms with E-state index in [-0.39, 0.29) is 6.04 Å². The molecular weight excluding hydrogens is 236 g/mol. The van der Waals surface area contributed by atoms with Crippen LogP contribution >= 0.6 is 0 Å². The van der Waals surface area contributed by atoms with Crippen LogP contribution in [0.1, 0.15) is 12.8 Å². The predicted molar refractivity (Wildman–Crippen MR) is 69.7 cm³/mol. The lowest BCUT2D eigenvalue weighted by molar-refractivity contribution is 0.454. The van der Waals surface area contributed by atoms with Crippen LogP contribution in [0.3, 0.4) is 0 Å². The Morgan fingerprint density at radius 3 is 2.29 bits per heavy atom. The molecule has 0 radical (unpaired) electrons. The zero-order valence-electron chi connectivity index (χ0n) is 9.96. The van der Waals surface area contributed by atoms with Crippen LogP contribution in [0.15, 0.2) is 30.3 Å². The topological polar surface area (TPSA) is 49.4 Å². The number of sulfonamides is 1. The van der Waals surface area contributed by atoms with Crippen molar-refractivity contribution in [3.63, 3.8) is 0 Å². The van der Waals surface area contributed by atoms with Crippen LogP contribution in [-0.2, 0) is 10.0 Å². The van der Waals surface area contributed by atoms with Gasteiger partial charge in [0, 0.05) is 6.04 Å². The van der Waals surface area contributed by atoms with Gasteiger partial charge in [-0.3, -0.25) is 4.31 Å². The fraction of sp³-hybridized carbons (Fsp3) is 0.500. The van der Waals surface area contributed by atoms with Crippen LogP contribution in [0, 0.1) is 0 Å². The summed E-state index contributed by atoms with van der Waals surface area (Å²) >= 11 is 0. The Hall–Kier alpha value is -1.07. The average molecular weight is 254 g/mol. The predicted octanol–water partition coefficient (Wildman–Crippen LogP) is 1.20. The molecule has 1 aromatic rings. The largest absolute Gasteiger partial charge is 0.317 e. The SMILES string of the molecule is CS(=O)(=O)N(c1ccccc1)C1CCNCC1. The molecule has 0 unspecified atom stereocenters. The summed E-state index contributed by atoms with van der Waals surface area (Å²) in [6.45, 7) is 1.76. The van der Waals surface area contributed by atoms with Gasteiger partial charge in [-0.05, 0) is 38.1 Å². The van der Waals surface area contributed by atoms with Gasteiger partial charge in [0.05, 0.1) is 11.9 Å². The maximum Gasteiger partial charge on any atom is 0.232 e. The van der Waals surface area contributed by atoms with Crippen molar-refractivity contribution in [2.24, 2.45) is 0 Å². The molecule has 0 spiro atoms. The fourth-order valence-corrected chi connectivity index (χ4v) is 3.55. The molecule has 0 aromatic heterocycles. The van der Waals surface area contributed by atoms with Crippen LogP contribution in [0.4, 0.5) is 5.69 Å². The molecule has 94 valence electrons. The van der Waals surface area contributed by atoms with Crippen LogP contribution < -0.4 is 9.62 Å². The van der Waals surface area contributed by atoms with Gasteiger partial charge in [-0.1, -0.05) is 18.2 Å². The van der Waals surface area contributed by atoms with Gasteiger partial charge in [0.15, 0.2) is 0 Å². The van der Waals surface area contributed by atoms with Crippen LogP contribution in [0.2, 0.25) is 0 Å². The average Bonchev–Trinajstić information content (AvgIpc) is 2.30. The lowest BCUT2D eigenvalue weighted by Gasteiger charge is -2.34. The molecule has 2 rings (SSSR count). The first-order valence-electron chi connectivity index (χ1n) is 5.84. The van der Waals surface area contributed by atoms with E-state index in [4.69, 9.17) is 0 Å². The Morgan fingerprint density at radius 2 is 1.76 bits per heavy atom. The van der Waals surface area contributed by atoms with Gasteiger partial charge in [-0.25, -0.2) is 8.42 Å². The Balaban J connectivity index is 2.32. The molecular formula is C12H18N2O2S. The molecule has 17 heavy (non-hydrogen) atoms. The molecule has 0 atom stereocenters. The smallest absolute Gasteiger partial charge is 0.232 e. The molecule has 5 heteroatoms. The normalized spacial score (nSPS) is 17.9. The molecule has 4 nitrogen and oxygen atoms in total. The van der Waals surface area contributed by atoms with E-state index in [0.717, 1.165) is 31.6 Å². The quantitative estimate of drug-likeness (QED) is 0.882. The van der Waals surface area contributed by atoms with Crippen molar-refractivity contribution in [2.75, 3.05) is 23.7 Å². The molecule has 0 saturated carbocycles. The highest BCUT2D eigenvalue weighted by molar-refractivity contribution is 7.92. The van der Waals surface area contributed by atoms with Crippen molar-refractivity contribution in [3.05, 3.63) is 30.3 Å². The highest BCUT2D eigenvalue weighted by atomic mass is 32.2. The highest BCUT2D eigenvalue weighted by Gasteiger charge is 2.27. The molecule has 0 aliphatic carbocycles. The van der Waals surface area contributed by atoms with E-state index >= 15 is 0 Å². The van der Waals surface area contributed by atoms with E-state index in [1.165, 1.54) is 6.26 Å². The van der Waals surface area contributed by atoms with Crippen molar-refractivity contribution in [2.45, 2.75) is 18.9 Å². The number of nitrogens with zero attached hydrogens (tertiary/aromatic N) is 1. The molecule has 1 heterocycles. The fourth-order valence-electron chi connectivity index (χ4n) is 2.29. The van der Waals surface area contributed by atoms with Gasteiger partial charge < -0.3 is 5.32 Å². The summed E-state index contributed by atoms with van der Waals surface area (Å²) in [5.41, 5.74) is 0.766. The van der Waals surface area contributed by atoms with Gasteiger partial charge in [-0.2, -0.15) is 0 Å². The third kappa shape index (κ3) is 2.98. The summed E-state index contributed by atoms with van der Waals surface area (Å²) in [6, 6.07) is 9.41. The molecule has 0 bridgehead atoms. The lowest BCUT2D eigenvalue weighted by atomic mass is 10.1. The minimum atomic E-state index is -3.21. The summed E-state index contributed by atoms with van der Waals surface area (Å²) in [7, 11) is -3.21. The van der Waals surface area contributed by atoms with Gasteiger partial charge >= 0.3 is 0 Å². The second kappa shape index (κ2) is 5.06. The summed E-state index contributed by atoms with van der Waals surface area (Å²) in [4.78, 5) is 0. The van der Waals surface area contributed by atoms with Crippen LogP contribution in [-0.4, -0.2) is 33.8 Å². The molecule has 0 amide bonds. The van der Waals surface area contributed by atoms with E-state index in [2.05, 4.69) is 5.32 Å². The van der Waals surface area contributed by atoms with Crippen molar-refractivity contribution >= 4 is 15.7 Å². The van der Waals surface area contributed by atoms with Gasteiger partial charge in [0.1, 0.15) is 0 Å². The molecule has 1 fully saturated rings. The van der Waals surface area contributed by atoms with Crippen molar-refractivity contribution in [1.29, 1.82) is 0 Å². The molecule has 1 saturated heterocycles. The van der Waals surface area contributed by atoms with Gasteiger partial charge in [0.25, 0.3) is 0 Å². The molecule has 1 aliphatic rings. The first-order valence-corrected chi connectivity index (χ1v) is 7.69. The molecule has 1 aliphatic heterocycles. The Morgan fingerprint density at radius 1 is 1.18 bits per heavy atom. The molecule has 1 N–H and O–H groups in total. The summed E-state index contributed by atoms with van der Waals surface area (Å²) < 4.78 is 25.4. The van der Waals surface area contributed by atoms with Crippen LogP contribution in [0.5, 0.6) is 0 Å². The minimum absolute atomic E-state index is 0.0775. The number of benzene rings is 1. The maximum atomic E-state index is 11.9. The van der Waals surface area contributed by atoms with Gasteiger partial charge in [-0.15, -0.1) is 0 Å². The minimum Gasteiger partial charge on any atom is -0.317 e. The van der Waals surface area contributed by atoms with E-state index in [1.807, 2.05) is 30.3 Å². The maximum absolute atomic E-state index is 11.9. The summed E-state index contributed by atoms with van der Waals surface area (Å²) in [6.07, 6.45) is 3.01. The lowest BCUT2D eigenvalue weighted by Crippen LogP contribution is -2.45. The Kier molecular flexibility index (Phi) is 3.69. The van der Waals surface area contributed by atoms with E-state index in [1.54, 1.807) is 4.31 Å². The number of para-hydroxylation sites is 1. The molecule has 1 aromatic carbocycles. The summed E-state index contributed by atoms with van der Waals surface area (Å²) in [5, 5.41) is 3.25.